The SMILES string of the molecule is CC(=O)O[C@H]1CC[C@]2(C)C3=C(CC[C@H]2C1(C)C)[C@]1(C)C[C@@H](O)[C@H]([C@@H](CC/C=C(/C)CO)C(=O)O)[C@@]1(C)CC3. The van der Waals surface area contributed by atoms with Gasteiger partial charge in [-0.1, -0.05) is 57.4 Å². The van der Waals surface area contributed by atoms with Crippen LogP contribution < -0.4 is 0 Å². The van der Waals surface area contributed by atoms with Crippen LogP contribution in [0.2, 0.25) is 0 Å². The molecule has 0 aromatic rings. The molecule has 6 heteroatoms. The Bertz CT molecular complexity index is 1020. The van der Waals surface area contributed by atoms with E-state index in [4.69, 9.17) is 4.74 Å². The third kappa shape index (κ3) is 4.38. The summed E-state index contributed by atoms with van der Waals surface area (Å²) in [6.07, 6.45) is 8.56. The molecule has 0 aromatic heterocycles. The fraction of sp³-hybridized carbons (Fsp3) is 0.812. The number of fused-ring (bicyclic) bond motifs is 4. The number of carbonyl (C=O) groups excluding carboxylic acids is 1. The highest BCUT2D eigenvalue weighted by atomic mass is 16.5. The molecule has 38 heavy (non-hydrogen) atoms. The summed E-state index contributed by atoms with van der Waals surface area (Å²) in [7, 11) is 0. The van der Waals surface area contributed by atoms with E-state index in [1.165, 1.54) is 12.5 Å². The van der Waals surface area contributed by atoms with E-state index in [9.17, 15) is 24.9 Å². The lowest BCUT2D eigenvalue weighted by Crippen LogP contribution is -2.56. The van der Waals surface area contributed by atoms with E-state index in [0.717, 1.165) is 44.1 Å². The first-order valence-electron chi connectivity index (χ1n) is 14.7. The number of rotatable bonds is 7. The van der Waals surface area contributed by atoms with Crippen LogP contribution in [0.5, 0.6) is 0 Å². The molecule has 4 aliphatic rings. The molecule has 4 aliphatic carbocycles. The molecule has 0 unspecified atom stereocenters. The second-order valence-electron chi connectivity index (χ2n) is 14.2. The van der Waals surface area contributed by atoms with Gasteiger partial charge in [0.1, 0.15) is 6.10 Å². The Morgan fingerprint density at radius 3 is 2.34 bits per heavy atom. The number of hydrogen-bond donors (Lipinski definition) is 3. The molecule has 4 rings (SSSR count). The number of esters is 1. The topological polar surface area (TPSA) is 104 Å². The van der Waals surface area contributed by atoms with Crippen molar-refractivity contribution in [1.82, 2.24) is 0 Å². The Hall–Kier alpha value is -1.66. The lowest BCUT2D eigenvalue weighted by molar-refractivity contribution is -0.167. The lowest BCUT2D eigenvalue weighted by atomic mass is 9.43. The Kier molecular flexibility index (Phi) is 7.77. The minimum atomic E-state index is -0.824. The van der Waals surface area contributed by atoms with E-state index >= 15 is 0 Å². The summed E-state index contributed by atoms with van der Waals surface area (Å²) in [6.45, 7) is 14.8. The van der Waals surface area contributed by atoms with Gasteiger partial charge in [-0.25, -0.2) is 0 Å². The maximum absolute atomic E-state index is 12.6. The van der Waals surface area contributed by atoms with E-state index in [1.807, 2.05) is 13.0 Å². The average Bonchev–Trinajstić information content (AvgIpc) is 3.03. The van der Waals surface area contributed by atoms with Crippen molar-refractivity contribution in [2.24, 2.45) is 39.4 Å². The lowest BCUT2D eigenvalue weighted by Gasteiger charge is -2.62. The van der Waals surface area contributed by atoms with E-state index in [-0.39, 0.29) is 46.3 Å². The van der Waals surface area contributed by atoms with Gasteiger partial charge in [0.25, 0.3) is 0 Å². The number of hydrogen-bond acceptors (Lipinski definition) is 5. The number of carboxylic acids is 1. The highest BCUT2D eigenvalue weighted by Gasteiger charge is 2.66. The van der Waals surface area contributed by atoms with Crippen molar-refractivity contribution in [2.75, 3.05) is 6.61 Å². The number of aliphatic carboxylic acids is 1. The van der Waals surface area contributed by atoms with Crippen molar-refractivity contribution in [2.45, 2.75) is 118 Å². The van der Waals surface area contributed by atoms with Crippen molar-refractivity contribution < 1.29 is 29.6 Å². The zero-order valence-corrected chi connectivity index (χ0v) is 24.6. The average molecular weight is 531 g/mol. The van der Waals surface area contributed by atoms with Crippen molar-refractivity contribution in [3.8, 4) is 0 Å². The third-order valence-corrected chi connectivity index (χ3v) is 12.0. The first-order chi connectivity index (χ1) is 17.6. The van der Waals surface area contributed by atoms with Crippen LogP contribution in [-0.4, -0.2) is 46.1 Å². The molecule has 214 valence electrons. The van der Waals surface area contributed by atoms with E-state index in [0.29, 0.717) is 25.2 Å². The molecule has 0 aromatic carbocycles. The van der Waals surface area contributed by atoms with E-state index < -0.39 is 18.0 Å². The quantitative estimate of drug-likeness (QED) is 0.273. The minimum Gasteiger partial charge on any atom is -0.481 e. The van der Waals surface area contributed by atoms with E-state index in [2.05, 4.69) is 34.6 Å². The number of aliphatic hydroxyl groups excluding tert-OH is 2. The standard InChI is InChI=1S/C32H50O6/c1-19(18-33)9-8-10-21(28(36)37)27-24(35)17-32(7)23-11-12-25-29(3,4)26(38-20(2)34)14-15-30(25,5)22(23)13-16-31(27,32)6/h9,21,24-27,33,35H,8,10-18H2,1-7H3,(H,36,37)/b19-9-/t21-,24-,25+,26+,27+,30-,31-,32+/m1/s1. The maximum atomic E-state index is 12.6. The number of ether oxygens (including phenoxy) is 1. The van der Waals surface area contributed by atoms with Crippen LogP contribution in [0.1, 0.15) is 106 Å². The first kappa shape index (κ1) is 29.3. The molecule has 0 spiro atoms. The van der Waals surface area contributed by atoms with Crippen molar-refractivity contribution in [1.29, 1.82) is 0 Å². The molecule has 2 saturated carbocycles. The van der Waals surface area contributed by atoms with Crippen LogP contribution in [0.25, 0.3) is 0 Å². The normalized spacial score (nSPS) is 41.1. The molecule has 3 N–H and O–H groups in total. The summed E-state index contributed by atoms with van der Waals surface area (Å²) in [4.78, 5) is 24.4. The van der Waals surface area contributed by atoms with Crippen molar-refractivity contribution in [3.05, 3.63) is 22.8 Å². The summed E-state index contributed by atoms with van der Waals surface area (Å²) in [6, 6.07) is 0. The van der Waals surface area contributed by atoms with Crippen molar-refractivity contribution >= 4 is 11.9 Å². The molecule has 0 radical (unpaired) electrons. The zero-order valence-electron chi connectivity index (χ0n) is 24.6. The summed E-state index contributed by atoms with van der Waals surface area (Å²) in [5, 5.41) is 31.2. The third-order valence-electron chi connectivity index (χ3n) is 12.0. The van der Waals surface area contributed by atoms with Crippen LogP contribution in [0.3, 0.4) is 0 Å². The molecular weight excluding hydrogens is 480 g/mol. The van der Waals surface area contributed by atoms with Crippen LogP contribution in [0, 0.1) is 39.4 Å². The molecule has 6 nitrogen and oxygen atoms in total. The molecule has 8 atom stereocenters. The molecule has 2 fully saturated rings. The molecule has 0 amide bonds. The fourth-order valence-electron chi connectivity index (χ4n) is 9.92. The molecule has 0 heterocycles. The number of allylic oxidation sites excluding steroid dienone is 3. The predicted molar refractivity (Wildman–Crippen MR) is 147 cm³/mol. The molecule has 0 aliphatic heterocycles. The van der Waals surface area contributed by atoms with Crippen LogP contribution in [0.15, 0.2) is 22.8 Å². The van der Waals surface area contributed by atoms with Gasteiger partial charge in [0.2, 0.25) is 0 Å². The van der Waals surface area contributed by atoms with Crippen LogP contribution >= 0.6 is 0 Å². The largest absolute Gasteiger partial charge is 0.481 e. The summed E-state index contributed by atoms with van der Waals surface area (Å²) >= 11 is 0. The second kappa shape index (κ2) is 10.1. The van der Waals surface area contributed by atoms with Gasteiger partial charge in [-0.3, -0.25) is 9.59 Å². The van der Waals surface area contributed by atoms with Crippen LogP contribution in [-0.2, 0) is 14.3 Å². The fourth-order valence-corrected chi connectivity index (χ4v) is 9.92. The van der Waals surface area contributed by atoms with E-state index in [1.54, 1.807) is 5.57 Å². The Morgan fingerprint density at radius 2 is 1.74 bits per heavy atom. The smallest absolute Gasteiger partial charge is 0.306 e. The summed E-state index contributed by atoms with van der Waals surface area (Å²) < 4.78 is 5.81. The second-order valence-corrected chi connectivity index (χ2v) is 14.2. The monoisotopic (exact) mass is 530 g/mol. The van der Waals surface area contributed by atoms with Gasteiger partial charge in [0.15, 0.2) is 0 Å². The molecule has 0 bridgehead atoms. The van der Waals surface area contributed by atoms with Gasteiger partial charge in [-0.15, -0.1) is 0 Å². The van der Waals surface area contributed by atoms with Gasteiger partial charge in [-0.05, 0) is 86.9 Å². The van der Waals surface area contributed by atoms with Gasteiger partial charge in [-0.2, -0.15) is 0 Å². The minimum absolute atomic E-state index is 0.0191. The summed E-state index contributed by atoms with van der Waals surface area (Å²) in [5.41, 5.74) is 3.25. The predicted octanol–water partition coefficient (Wildman–Crippen LogP) is 6.06. The molecular formula is C32H50O6. The maximum Gasteiger partial charge on any atom is 0.306 e. The van der Waals surface area contributed by atoms with Gasteiger partial charge >= 0.3 is 11.9 Å². The van der Waals surface area contributed by atoms with Gasteiger partial charge in [0, 0.05) is 18.3 Å². The Labute approximate surface area is 228 Å². The zero-order chi connectivity index (χ0) is 28.3. The highest BCUT2D eigenvalue weighted by Crippen LogP contribution is 2.72. The van der Waals surface area contributed by atoms with Crippen LogP contribution in [0.4, 0.5) is 0 Å². The Morgan fingerprint density at radius 1 is 1.05 bits per heavy atom. The Balaban J connectivity index is 1.69. The number of carboxylic acid groups (broad SMARTS) is 1. The first-order valence-corrected chi connectivity index (χ1v) is 14.7. The number of carbonyl (C=O) groups is 2. The van der Waals surface area contributed by atoms with Gasteiger partial charge < -0.3 is 20.1 Å². The molecule has 0 saturated heterocycles. The number of aliphatic hydroxyl groups is 2. The highest BCUT2D eigenvalue weighted by molar-refractivity contribution is 5.71. The van der Waals surface area contributed by atoms with Crippen molar-refractivity contribution in [3.63, 3.8) is 0 Å². The summed E-state index contributed by atoms with van der Waals surface area (Å²) in [5.74, 6) is -1.54. The van der Waals surface area contributed by atoms with Gasteiger partial charge in [0.05, 0.1) is 18.6 Å².